The molecule has 1 saturated heterocycles. The lowest BCUT2D eigenvalue weighted by molar-refractivity contribution is -0.131. The largest absolute Gasteiger partial charge is 0.354 e. The number of carbonyl (C=O) groups excluding carboxylic acids is 1. The molecule has 3 heterocycles. The van der Waals surface area contributed by atoms with Crippen molar-refractivity contribution in [2.24, 2.45) is 0 Å². The molecule has 0 saturated carbocycles. The van der Waals surface area contributed by atoms with Crippen LogP contribution in [0, 0.1) is 13.8 Å². The molecule has 0 spiro atoms. The van der Waals surface area contributed by atoms with Crippen molar-refractivity contribution in [3.05, 3.63) is 30.2 Å². The van der Waals surface area contributed by atoms with E-state index in [1.807, 2.05) is 11.8 Å². The summed E-state index contributed by atoms with van der Waals surface area (Å²) in [7, 11) is 0. The molecule has 0 unspecified atom stereocenters. The quantitative estimate of drug-likeness (QED) is 0.812. The van der Waals surface area contributed by atoms with Gasteiger partial charge in [-0.3, -0.25) is 9.48 Å². The molecular weight excluding hydrogens is 318 g/mol. The number of hydrogen-bond acceptors (Lipinski definition) is 6. The van der Waals surface area contributed by atoms with Gasteiger partial charge in [-0.05, 0) is 26.7 Å². The number of rotatable bonds is 5. The summed E-state index contributed by atoms with van der Waals surface area (Å²) in [5.74, 6) is 1.21. The highest BCUT2D eigenvalue weighted by molar-refractivity contribution is 5.76. The van der Waals surface area contributed by atoms with Gasteiger partial charge in [0.25, 0.3) is 0 Å². The predicted molar refractivity (Wildman–Crippen MR) is 94.2 cm³/mol. The molecule has 0 bridgehead atoms. The summed E-state index contributed by atoms with van der Waals surface area (Å²) in [6.07, 6.45) is 7.10. The first kappa shape index (κ1) is 17.3. The molecule has 0 aliphatic carbocycles. The summed E-state index contributed by atoms with van der Waals surface area (Å²) in [5, 5.41) is 4.06. The van der Waals surface area contributed by atoms with E-state index < -0.39 is 0 Å². The molecule has 8 heteroatoms. The van der Waals surface area contributed by atoms with E-state index in [2.05, 4.69) is 31.9 Å². The first-order valence-corrected chi connectivity index (χ1v) is 8.78. The van der Waals surface area contributed by atoms with Crippen molar-refractivity contribution in [2.45, 2.75) is 39.7 Å². The van der Waals surface area contributed by atoms with Gasteiger partial charge < -0.3 is 9.80 Å². The monoisotopic (exact) mass is 343 g/mol. The molecule has 1 amide bonds. The highest BCUT2D eigenvalue weighted by Crippen LogP contribution is 2.20. The maximum Gasteiger partial charge on any atom is 0.222 e. The predicted octanol–water partition coefficient (Wildman–Crippen LogP) is 1.20. The van der Waals surface area contributed by atoms with Crippen LogP contribution in [-0.4, -0.2) is 61.7 Å². The van der Waals surface area contributed by atoms with Gasteiger partial charge in [-0.15, -0.1) is 0 Å². The first-order valence-electron chi connectivity index (χ1n) is 8.78. The van der Waals surface area contributed by atoms with Gasteiger partial charge in [0.2, 0.25) is 5.91 Å². The Morgan fingerprint density at radius 2 is 2.00 bits per heavy atom. The summed E-state index contributed by atoms with van der Waals surface area (Å²) >= 11 is 0. The molecule has 3 rings (SSSR count). The standard InChI is InChI=1S/C17H25N7O/c1-14-15(2)19-12-20-17(14)23-7-4-6-22(9-10-23)16(25)5-3-8-24-13-18-11-21-24/h11-13H,3-10H2,1-2H3. The Kier molecular flexibility index (Phi) is 5.57. The smallest absolute Gasteiger partial charge is 0.222 e. The van der Waals surface area contributed by atoms with E-state index in [0.717, 1.165) is 62.6 Å². The van der Waals surface area contributed by atoms with Crippen LogP contribution in [0.5, 0.6) is 0 Å². The fourth-order valence-electron chi connectivity index (χ4n) is 3.12. The molecule has 0 radical (unpaired) electrons. The molecule has 2 aromatic rings. The minimum atomic E-state index is 0.220. The summed E-state index contributed by atoms with van der Waals surface area (Å²) in [4.78, 5) is 29.3. The molecule has 8 nitrogen and oxygen atoms in total. The van der Waals surface area contributed by atoms with Crippen molar-refractivity contribution < 1.29 is 4.79 Å². The number of anilines is 1. The zero-order valence-electron chi connectivity index (χ0n) is 14.9. The van der Waals surface area contributed by atoms with Crippen LogP contribution in [-0.2, 0) is 11.3 Å². The van der Waals surface area contributed by atoms with Gasteiger partial charge in [0.15, 0.2) is 0 Å². The zero-order chi connectivity index (χ0) is 17.6. The Hall–Kier alpha value is -2.51. The topological polar surface area (TPSA) is 80.0 Å². The van der Waals surface area contributed by atoms with Gasteiger partial charge in [-0.2, -0.15) is 5.10 Å². The Morgan fingerprint density at radius 1 is 1.12 bits per heavy atom. The summed E-state index contributed by atoms with van der Waals surface area (Å²) < 4.78 is 1.76. The SMILES string of the molecule is Cc1ncnc(N2CCCN(C(=O)CCCn3cncn3)CC2)c1C. The second-order valence-electron chi connectivity index (χ2n) is 6.39. The number of hydrogen-bond donors (Lipinski definition) is 0. The van der Waals surface area contributed by atoms with Crippen molar-refractivity contribution in [3.63, 3.8) is 0 Å². The molecule has 1 aliphatic rings. The Balaban J connectivity index is 1.52. The second kappa shape index (κ2) is 8.04. The van der Waals surface area contributed by atoms with Crippen LogP contribution in [0.3, 0.4) is 0 Å². The van der Waals surface area contributed by atoms with Crippen molar-refractivity contribution in [1.29, 1.82) is 0 Å². The van der Waals surface area contributed by atoms with Gasteiger partial charge in [-0.1, -0.05) is 0 Å². The number of carbonyl (C=O) groups is 1. The van der Waals surface area contributed by atoms with E-state index in [-0.39, 0.29) is 5.91 Å². The summed E-state index contributed by atoms with van der Waals surface area (Å²) in [6.45, 7) is 8.07. The lowest BCUT2D eigenvalue weighted by atomic mass is 10.2. The normalized spacial score (nSPS) is 15.3. The van der Waals surface area contributed by atoms with Gasteiger partial charge in [0.1, 0.15) is 24.8 Å². The zero-order valence-corrected chi connectivity index (χ0v) is 14.9. The highest BCUT2D eigenvalue weighted by Gasteiger charge is 2.21. The average Bonchev–Trinajstić information content (AvgIpc) is 3.00. The van der Waals surface area contributed by atoms with E-state index in [1.165, 1.54) is 6.33 Å². The third-order valence-corrected chi connectivity index (χ3v) is 4.70. The maximum absolute atomic E-state index is 12.5. The molecule has 134 valence electrons. The molecule has 25 heavy (non-hydrogen) atoms. The van der Waals surface area contributed by atoms with Crippen LogP contribution in [0.2, 0.25) is 0 Å². The van der Waals surface area contributed by atoms with Crippen LogP contribution in [0.4, 0.5) is 5.82 Å². The lowest BCUT2D eigenvalue weighted by Crippen LogP contribution is -2.35. The van der Waals surface area contributed by atoms with Crippen LogP contribution in [0.25, 0.3) is 0 Å². The Bertz CT molecular complexity index is 701. The van der Waals surface area contributed by atoms with Gasteiger partial charge in [0, 0.05) is 50.4 Å². The van der Waals surface area contributed by atoms with E-state index in [4.69, 9.17) is 0 Å². The van der Waals surface area contributed by atoms with E-state index in [9.17, 15) is 4.79 Å². The molecule has 1 fully saturated rings. The Labute approximate surface area is 147 Å². The minimum absolute atomic E-state index is 0.220. The number of aromatic nitrogens is 5. The molecule has 1 aliphatic heterocycles. The molecule has 2 aromatic heterocycles. The van der Waals surface area contributed by atoms with E-state index in [0.29, 0.717) is 6.42 Å². The average molecular weight is 343 g/mol. The third kappa shape index (κ3) is 4.32. The fraction of sp³-hybridized carbons (Fsp3) is 0.588. The van der Waals surface area contributed by atoms with Crippen molar-refractivity contribution in [2.75, 3.05) is 31.1 Å². The van der Waals surface area contributed by atoms with Crippen LogP contribution < -0.4 is 4.90 Å². The lowest BCUT2D eigenvalue weighted by Gasteiger charge is -2.24. The molecular formula is C17H25N7O. The van der Waals surface area contributed by atoms with Gasteiger partial charge in [-0.25, -0.2) is 15.0 Å². The fourth-order valence-corrected chi connectivity index (χ4v) is 3.12. The summed E-state index contributed by atoms with van der Waals surface area (Å²) in [5.41, 5.74) is 2.13. The second-order valence-corrected chi connectivity index (χ2v) is 6.39. The van der Waals surface area contributed by atoms with Gasteiger partial charge >= 0.3 is 0 Å². The van der Waals surface area contributed by atoms with Crippen LogP contribution in [0.15, 0.2) is 19.0 Å². The summed E-state index contributed by atoms with van der Waals surface area (Å²) in [6, 6.07) is 0. The van der Waals surface area contributed by atoms with Crippen molar-refractivity contribution >= 4 is 11.7 Å². The van der Waals surface area contributed by atoms with Crippen molar-refractivity contribution in [1.82, 2.24) is 29.6 Å². The van der Waals surface area contributed by atoms with Crippen molar-refractivity contribution in [3.8, 4) is 0 Å². The minimum Gasteiger partial charge on any atom is -0.354 e. The van der Waals surface area contributed by atoms with E-state index in [1.54, 1.807) is 17.3 Å². The first-order chi connectivity index (χ1) is 12.1. The number of nitrogens with zero attached hydrogens (tertiary/aromatic N) is 7. The van der Waals surface area contributed by atoms with Gasteiger partial charge in [0.05, 0.1) is 0 Å². The molecule has 0 atom stereocenters. The van der Waals surface area contributed by atoms with E-state index >= 15 is 0 Å². The third-order valence-electron chi connectivity index (χ3n) is 4.70. The molecule has 0 N–H and O–H groups in total. The van der Waals surface area contributed by atoms with Crippen LogP contribution in [0.1, 0.15) is 30.5 Å². The Morgan fingerprint density at radius 3 is 2.80 bits per heavy atom. The maximum atomic E-state index is 12.5. The number of amides is 1. The highest BCUT2D eigenvalue weighted by atomic mass is 16.2. The number of aryl methyl sites for hydroxylation is 2. The molecule has 0 aromatic carbocycles. The van der Waals surface area contributed by atoms with Crippen LogP contribution >= 0.6 is 0 Å².